The Hall–Kier alpha value is -6.95. The first kappa shape index (κ1) is 39.3. The van der Waals surface area contributed by atoms with E-state index in [9.17, 15) is 14.4 Å². The lowest BCUT2D eigenvalue weighted by molar-refractivity contribution is 0.0991. The molecule has 0 unspecified atom stereocenters. The van der Waals surface area contributed by atoms with Crippen LogP contribution in [0.3, 0.4) is 0 Å². The molecule has 18 nitrogen and oxygen atoms in total. The first-order chi connectivity index (χ1) is 28.0. The van der Waals surface area contributed by atoms with E-state index in [0.29, 0.717) is 71.6 Å². The van der Waals surface area contributed by atoms with Crippen LogP contribution in [0.2, 0.25) is 0 Å². The molecular formula is C40H46N14O4. The summed E-state index contributed by atoms with van der Waals surface area (Å²) in [5.41, 5.74) is 16.8. The number of carbonyl (C=O) groups is 3. The minimum Gasteiger partial charge on any atom is -0.491 e. The maximum atomic E-state index is 13.5. The largest absolute Gasteiger partial charge is 0.491 e. The van der Waals surface area contributed by atoms with Crippen molar-refractivity contribution in [3.63, 3.8) is 0 Å². The average molecular weight is 787 g/mol. The number of primary amides is 2. The molecule has 7 rings (SSSR count). The van der Waals surface area contributed by atoms with Gasteiger partial charge < -0.3 is 26.1 Å². The number of amides is 3. The normalized spacial score (nSPS) is 11.7. The summed E-state index contributed by atoms with van der Waals surface area (Å²) in [5.74, 6) is -0.395. The van der Waals surface area contributed by atoms with Crippen LogP contribution in [-0.4, -0.2) is 86.6 Å². The monoisotopic (exact) mass is 786 g/mol. The molecule has 0 bridgehead atoms. The van der Waals surface area contributed by atoms with Gasteiger partial charge in [0.2, 0.25) is 17.8 Å². The van der Waals surface area contributed by atoms with Gasteiger partial charge in [0.15, 0.2) is 11.5 Å². The molecular weight excluding hydrogens is 741 g/mol. The number of imidazole rings is 1. The molecule has 0 fully saturated rings. The number of aryl methyl sites for hydroxylation is 4. The zero-order valence-corrected chi connectivity index (χ0v) is 33.1. The third-order valence-corrected chi connectivity index (χ3v) is 9.73. The molecule has 58 heavy (non-hydrogen) atoms. The van der Waals surface area contributed by atoms with Crippen LogP contribution in [0.25, 0.3) is 44.6 Å². The highest BCUT2D eigenvalue weighted by molar-refractivity contribution is 6.12. The van der Waals surface area contributed by atoms with Gasteiger partial charge in [-0.25, -0.2) is 19.9 Å². The van der Waals surface area contributed by atoms with Crippen molar-refractivity contribution in [3.8, 4) is 17.3 Å². The van der Waals surface area contributed by atoms with Crippen molar-refractivity contribution in [2.45, 2.75) is 66.7 Å². The summed E-state index contributed by atoms with van der Waals surface area (Å²) < 4.78 is 13.6. The minimum absolute atomic E-state index is 0.190. The quantitative estimate of drug-likeness (QED) is 0.0757. The number of nitrogens with zero attached hydrogens (tertiary/aromatic N) is 10. The molecule has 0 spiro atoms. The molecule has 0 saturated heterocycles. The van der Waals surface area contributed by atoms with Crippen LogP contribution in [0.1, 0.15) is 69.3 Å². The SMILES string of the molecule is CCn1nc(C)cc1C(=O)Nc1nc2cc(C(N)=O)cnc2n1C/C=C/Cn1c2nc(-c3cc(C)nn3CC)ncc2c2cc(C(N)=O)cc(OCCCCNC)c21. The molecule has 6 heterocycles. The number of aromatic nitrogens is 10. The van der Waals surface area contributed by atoms with Crippen LogP contribution in [0.5, 0.6) is 5.75 Å². The fraction of sp³-hybridized carbons (Fsp3) is 0.325. The van der Waals surface area contributed by atoms with E-state index < -0.39 is 17.7 Å². The number of ether oxygens (including phenoxy) is 1. The van der Waals surface area contributed by atoms with Crippen LogP contribution >= 0.6 is 0 Å². The highest BCUT2D eigenvalue weighted by Gasteiger charge is 2.22. The van der Waals surface area contributed by atoms with Gasteiger partial charge in [-0.1, -0.05) is 12.2 Å². The van der Waals surface area contributed by atoms with Crippen molar-refractivity contribution in [2.75, 3.05) is 25.5 Å². The number of carbonyl (C=O) groups excluding carboxylic acids is 3. The zero-order chi connectivity index (χ0) is 41.1. The maximum absolute atomic E-state index is 13.5. The second-order valence-corrected chi connectivity index (χ2v) is 13.8. The van der Waals surface area contributed by atoms with Crippen molar-refractivity contribution in [1.82, 2.24) is 53.9 Å². The summed E-state index contributed by atoms with van der Waals surface area (Å²) in [6, 6.07) is 8.63. The minimum atomic E-state index is -0.645. The molecule has 0 radical (unpaired) electrons. The third kappa shape index (κ3) is 7.73. The second kappa shape index (κ2) is 16.6. The van der Waals surface area contributed by atoms with Crippen molar-refractivity contribution < 1.29 is 19.1 Å². The highest BCUT2D eigenvalue weighted by Crippen LogP contribution is 2.36. The molecule has 3 amide bonds. The van der Waals surface area contributed by atoms with E-state index in [4.69, 9.17) is 26.2 Å². The van der Waals surface area contributed by atoms with E-state index in [-0.39, 0.29) is 18.1 Å². The van der Waals surface area contributed by atoms with Crippen LogP contribution in [-0.2, 0) is 26.2 Å². The molecule has 6 N–H and O–H groups in total. The summed E-state index contributed by atoms with van der Waals surface area (Å²) in [5, 5.41) is 16.5. The fourth-order valence-corrected chi connectivity index (χ4v) is 6.98. The van der Waals surface area contributed by atoms with Crippen LogP contribution in [0.4, 0.5) is 5.95 Å². The summed E-state index contributed by atoms with van der Waals surface area (Å²) in [7, 11) is 1.91. The van der Waals surface area contributed by atoms with Gasteiger partial charge >= 0.3 is 0 Å². The summed E-state index contributed by atoms with van der Waals surface area (Å²) in [4.78, 5) is 57.1. The number of allylic oxidation sites excluding steroid dienone is 2. The lowest BCUT2D eigenvalue weighted by Crippen LogP contribution is -2.20. The second-order valence-electron chi connectivity index (χ2n) is 13.8. The number of anilines is 1. The van der Waals surface area contributed by atoms with Crippen molar-refractivity contribution in [2.24, 2.45) is 11.5 Å². The van der Waals surface area contributed by atoms with Crippen molar-refractivity contribution in [1.29, 1.82) is 0 Å². The van der Waals surface area contributed by atoms with Crippen molar-refractivity contribution in [3.05, 3.63) is 83.1 Å². The molecule has 0 aliphatic carbocycles. The van der Waals surface area contributed by atoms with Gasteiger partial charge in [0.1, 0.15) is 28.3 Å². The molecule has 0 aliphatic rings. The number of benzene rings is 1. The summed E-state index contributed by atoms with van der Waals surface area (Å²) in [6.07, 6.45) is 8.73. The fourth-order valence-electron chi connectivity index (χ4n) is 6.98. The standard InChI is InChI=1S/C40H46N14O4/c1-6-53-30(16-23(3)49-53)36-44-22-28-27-18-25(34(41)55)20-32(58-15-11-8-12-43-5)33(27)51(37(28)47-36)13-9-10-14-52-38-29(19-26(21-45-38)35(42)56)46-40(52)48-39(57)31-17-24(4)50-54(31)7-2/h9-10,16-22,43H,6-8,11-15H2,1-5H3,(H2,41,55)(H2,42,56)(H,46,48,57)/b10-9+. The molecule has 0 saturated carbocycles. The predicted molar refractivity (Wildman–Crippen MR) is 220 cm³/mol. The van der Waals surface area contributed by atoms with E-state index in [2.05, 4.69) is 30.8 Å². The zero-order valence-electron chi connectivity index (χ0n) is 33.1. The molecule has 1 aromatic carbocycles. The van der Waals surface area contributed by atoms with Gasteiger partial charge in [-0.15, -0.1) is 0 Å². The smallest absolute Gasteiger partial charge is 0.276 e. The summed E-state index contributed by atoms with van der Waals surface area (Å²) in [6.45, 7) is 10.6. The Kier molecular flexibility index (Phi) is 11.3. The van der Waals surface area contributed by atoms with Gasteiger partial charge in [-0.2, -0.15) is 10.2 Å². The molecule has 0 aliphatic heterocycles. The van der Waals surface area contributed by atoms with Gasteiger partial charge in [0, 0.05) is 54.9 Å². The van der Waals surface area contributed by atoms with Crippen LogP contribution in [0, 0.1) is 13.8 Å². The number of rotatable bonds is 17. The topological polar surface area (TPSA) is 234 Å². The lowest BCUT2D eigenvalue weighted by atomic mass is 10.1. The number of nitrogens with one attached hydrogen (secondary N) is 2. The average Bonchev–Trinajstić information content (AvgIpc) is 3.96. The predicted octanol–water partition coefficient (Wildman–Crippen LogP) is 4.13. The highest BCUT2D eigenvalue weighted by atomic mass is 16.5. The van der Waals surface area contributed by atoms with Crippen LogP contribution < -0.4 is 26.8 Å². The Bertz CT molecular complexity index is 2720. The Morgan fingerprint density at radius 1 is 0.793 bits per heavy atom. The van der Waals surface area contributed by atoms with E-state index in [0.717, 1.165) is 47.1 Å². The third-order valence-electron chi connectivity index (χ3n) is 9.73. The number of pyridine rings is 1. The Morgan fingerprint density at radius 2 is 1.52 bits per heavy atom. The first-order valence-corrected chi connectivity index (χ1v) is 19.1. The molecule has 7 aromatic rings. The number of hydrogen-bond donors (Lipinski definition) is 4. The molecule has 6 aromatic heterocycles. The lowest BCUT2D eigenvalue weighted by Gasteiger charge is -2.12. The maximum Gasteiger partial charge on any atom is 0.276 e. The van der Waals surface area contributed by atoms with Crippen molar-refractivity contribution >= 4 is 56.8 Å². The van der Waals surface area contributed by atoms with E-state index >= 15 is 0 Å². The Balaban J connectivity index is 1.30. The van der Waals surface area contributed by atoms with E-state index in [1.54, 1.807) is 39.7 Å². The molecule has 18 heteroatoms. The number of nitrogens with two attached hydrogens (primary N) is 2. The van der Waals surface area contributed by atoms with E-state index in [1.165, 1.54) is 6.20 Å². The number of unbranched alkanes of at least 4 members (excludes halogenated alkanes) is 1. The Labute approximate surface area is 333 Å². The van der Waals surface area contributed by atoms with Gasteiger partial charge in [-0.05, 0) is 84.5 Å². The number of hydrogen-bond acceptors (Lipinski definition) is 11. The van der Waals surface area contributed by atoms with Gasteiger partial charge in [0.05, 0.1) is 29.1 Å². The Morgan fingerprint density at radius 3 is 2.24 bits per heavy atom. The number of fused-ring (bicyclic) bond motifs is 4. The molecule has 0 atom stereocenters. The summed E-state index contributed by atoms with van der Waals surface area (Å²) >= 11 is 0. The van der Waals surface area contributed by atoms with Crippen LogP contribution in [0.15, 0.2) is 54.9 Å². The first-order valence-electron chi connectivity index (χ1n) is 19.1. The van der Waals surface area contributed by atoms with Gasteiger partial charge in [-0.3, -0.25) is 33.6 Å². The van der Waals surface area contributed by atoms with Gasteiger partial charge in [0.25, 0.3) is 5.91 Å². The molecule has 300 valence electrons. The van der Waals surface area contributed by atoms with E-state index in [1.807, 2.05) is 62.2 Å².